The first-order chi connectivity index (χ1) is 10.3. The van der Waals surface area contributed by atoms with Gasteiger partial charge in [0.15, 0.2) is 5.82 Å². The summed E-state index contributed by atoms with van der Waals surface area (Å²) >= 11 is 0. The minimum atomic E-state index is 0.103. The van der Waals surface area contributed by atoms with Crippen LogP contribution in [0.3, 0.4) is 0 Å². The molecular weight excluding hydrogens is 270 g/mol. The van der Waals surface area contributed by atoms with E-state index in [1.807, 2.05) is 4.90 Å². The van der Waals surface area contributed by atoms with E-state index in [1.54, 1.807) is 6.07 Å². The second kappa shape index (κ2) is 6.07. The predicted octanol–water partition coefficient (Wildman–Crippen LogP) is 1.30. The summed E-state index contributed by atoms with van der Waals surface area (Å²) in [7, 11) is 0. The number of carbonyl (C=O) groups excluding carboxylic acids is 1. The van der Waals surface area contributed by atoms with Gasteiger partial charge in [0.1, 0.15) is 12.1 Å². The van der Waals surface area contributed by atoms with Gasteiger partial charge in [-0.1, -0.05) is 12.1 Å². The number of aryl methyl sites for hydroxylation is 1. The van der Waals surface area contributed by atoms with E-state index in [-0.39, 0.29) is 5.91 Å². The normalized spacial score (nSPS) is 16.3. The highest BCUT2D eigenvalue weighted by atomic mass is 16.5. The van der Waals surface area contributed by atoms with Gasteiger partial charge in [0.05, 0.1) is 12.1 Å². The number of rotatable bonds is 4. The number of nitrogens with one attached hydrogen (secondary N) is 1. The summed E-state index contributed by atoms with van der Waals surface area (Å²) in [6, 6.07) is 1.73. The van der Waals surface area contributed by atoms with E-state index >= 15 is 0 Å². The van der Waals surface area contributed by atoms with E-state index in [2.05, 4.69) is 27.3 Å². The maximum atomic E-state index is 12.2. The molecule has 1 saturated heterocycles. The van der Waals surface area contributed by atoms with Gasteiger partial charge in [-0.25, -0.2) is 4.98 Å². The minimum absolute atomic E-state index is 0.103. The van der Waals surface area contributed by atoms with Gasteiger partial charge in [0, 0.05) is 31.5 Å². The van der Waals surface area contributed by atoms with Gasteiger partial charge < -0.3 is 9.42 Å². The molecule has 0 bridgehead atoms. The third-order valence-electron chi connectivity index (χ3n) is 3.92. The third-order valence-corrected chi connectivity index (χ3v) is 3.92. The van der Waals surface area contributed by atoms with Crippen LogP contribution in [0.15, 0.2) is 16.9 Å². The fourth-order valence-corrected chi connectivity index (χ4v) is 2.63. The van der Waals surface area contributed by atoms with Gasteiger partial charge in [-0.2, -0.15) is 5.10 Å². The molecule has 1 aliphatic rings. The topological polar surface area (TPSA) is 87.9 Å². The van der Waals surface area contributed by atoms with Gasteiger partial charge in [-0.05, 0) is 12.8 Å². The van der Waals surface area contributed by atoms with E-state index in [9.17, 15) is 4.79 Å². The molecule has 1 amide bonds. The second-order valence-corrected chi connectivity index (χ2v) is 5.32. The minimum Gasteiger partial charge on any atom is -0.364 e. The van der Waals surface area contributed by atoms with E-state index in [1.165, 1.54) is 6.26 Å². The number of amides is 1. The maximum absolute atomic E-state index is 12.2. The van der Waals surface area contributed by atoms with Crippen LogP contribution in [0.4, 0.5) is 0 Å². The molecule has 21 heavy (non-hydrogen) atoms. The molecule has 0 aromatic carbocycles. The summed E-state index contributed by atoms with van der Waals surface area (Å²) in [5, 5.41) is 11.0. The summed E-state index contributed by atoms with van der Waals surface area (Å²) in [5.41, 5.74) is 0.684. The lowest BCUT2D eigenvalue weighted by Crippen LogP contribution is -2.39. The lowest BCUT2D eigenvalue weighted by molar-refractivity contribution is -0.131. The lowest BCUT2D eigenvalue weighted by Gasteiger charge is -2.30. The largest absolute Gasteiger partial charge is 0.364 e. The quantitative estimate of drug-likeness (QED) is 0.916. The molecule has 1 aliphatic heterocycles. The fourth-order valence-electron chi connectivity index (χ4n) is 2.63. The maximum Gasteiger partial charge on any atom is 0.228 e. The highest BCUT2D eigenvalue weighted by Gasteiger charge is 2.26. The molecule has 3 rings (SSSR count). The van der Waals surface area contributed by atoms with Crippen molar-refractivity contribution >= 4 is 5.91 Å². The molecule has 0 aliphatic carbocycles. The molecule has 1 fully saturated rings. The number of nitrogens with zero attached hydrogens (tertiary/aromatic N) is 4. The van der Waals surface area contributed by atoms with E-state index in [4.69, 9.17) is 4.52 Å². The summed E-state index contributed by atoms with van der Waals surface area (Å²) in [4.78, 5) is 18.5. The predicted molar refractivity (Wildman–Crippen MR) is 74.5 cm³/mol. The van der Waals surface area contributed by atoms with Crippen LogP contribution in [0.2, 0.25) is 0 Å². The molecule has 0 unspecified atom stereocenters. The summed E-state index contributed by atoms with van der Waals surface area (Å²) in [6.45, 7) is 3.55. The molecule has 7 heteroatoms. The van der Waals surface area contributed by atoms with Crippen molar-refractivity contribution in [3.63, 3.8) is 0 Å². The molecule has 2 aromatic heterocycles. The smallest absolute Gasteiger partial charge is 0.228 e. The molecule has 0 saturated carbocycles. The molecule has 0 spiro atoms. The Morgan fingerprint density at radius 2 is 2.29 bits per heavy atom. The van der Waals surface area contributed by atoms with Gasteiger partial charge in [-0.15, -0.1) is 0 Å². The number of hydrogen-bond acceptors (Lipinski definition) is 5. The van der Waals surface area contributed by atoms with Crippen LogP contribution in [0.25, 0.3) is 0 Å². The van der Waals surface area contributed by atoms with Crippen LogP contribution < -0.4 is 0 Å². The Kier molecular flexibility index (Phi) is 3.98. The average Bonchev–Trinajstić information content (AvgIpc) is 3.18. The van der Waals surface area contributed by atoms with E-state index in [0.717, 1.165) is 44.0 Å². The lowest BCUT2D eigenvalue weighted by atomic mass is 9.96. The van der Waals surface area contributed by atoms with Crippen molar-refractivity contribution in [1.29, 1.82) is 0 Å². The first-order valence-electron chi connectivity index (χ1n) is 7.34. The van der Waals surface area contributed by atoms with Crippen LogP contribution in [-0.4, -0.2) is 44.2 Å². The number of aromatic amines is 1. The van der Waals surface area contributed by atoms with Crippen LogP contribution in [0, 0.1) is 0 Å². The number of H-pyrrole nitrogens is 1. The summed E-state index contributed by atoms with van der Waals surface area (Å²) in [5.74, 6) is 2.26. The Hall–Kier alpha value is -2.18. The van der Waals surface area contributed by atoms with Crippen molar-refractivity contribution in [2.75, 3.05) is 13.1 Å². The Balaban J connectivity index is 1.53. The molecule has 0 atom stereocenters. The summed E-state index contributed by atoms with van der Waals surface area (Å²) < 4.78 is 4.75. The van der Waals surface area contributed by atoms with Gasteiger partial charge in [0.25, 0.3) is 0 Å². The van der Waals surface area contributed by atoms with Crippen LogP contribution in [0.5, 0.6) is 0 Å². The Morgan fingerprint density at radius 3 is 2.90 bits per heavy atom. The van der Waals surface area contributed by atoms with Crippen LogP contribution in [-0.2, 0) is 17.6 Å². The summed E-state index contributed by atoms with van der Waals surface area (Å²) in [6.07, 6.45) is 4.48. The second-order valence-electron chi connectivity index (χ2n) is 5.32. The Morgan fingerprint density at radius 1 is 1.48 bits per heavy atom. The number of aromatic nitrogens is 4. The van der Waals surface area contributed by atoms with Crippen molar-refractivity contribution < 1.29 is 9.32 Å². The Labute approximate surface area is 122 Å². The van der Waals surface area contributed by atoms with E-state index in [0.29, 0.717) is 18.0 Å². The molecular formula is C14H19N5O2. The zero-order chi connectivity index (χ0) is 14.7. The highest BCUT2D eigenvalue weighted by molar-refractivity contribution is 5.78. The molecule has 2 aromatic rings. The number of likely N-dealkylation sites (tertiary alicyclic amines) is 1. The third kappa shape index (κ3) is 3.12. The van der Waals surface area contributed by atoms with Crippen molar-refractivity contribution in [3.8, 4) is 0 Å². The highest BCUT2D eigenvalue weighted by Crippen LogP contribution is 2.25. The zero-order valence-corrected chi connectivity index (χ0v) is 12.1. The Bertz CT molecular complexity index is 584. The molecule has 1 N–H and O–H groups in total. The molecule has 3 heterocycles. The van der Waals surface area contributed by atoms with Crippen molar-refractivity contribution in [2.45, 2.75) is 38.5 Å². The van der Waals surface area contributed by atoms with Crippen LogP contribution in [0.1, 0.15) is 43.0 Å². The molecule has 0 radical (unpaired) electrons. The molecule has 7 nitrogen and oxygen atoms in total. The number of carbonyl (C=O) groups is 1. The van der Waals surface area contributed by atoms with Gasteiger partial charge in [-0.3, -0.25) is 9.89 Å². The SMILES string of the molecule is CCc1nc(C2CCN(C(=O)Cc3ccon3)CC2)n[nH]1. The van der Waals surface area contributed by atoms with E-state index < -0.39 is 0 Å². The first kappa shape index (κ1) is 13.8. The van der Waals surface area contributed by atoms with Crippen molar-refractivity contribution in [2.24, 2.45) is 0 Å². The van der Waals surface area contributed by atoms with Crippen LogP contribution >= 0.6 is 0 Å². The first-order valence-corrected chi connectivity index (χ1v) is 7.34. The number of hydrogen-bond donors (Lipinski definition) is 1. The molecule has 112 valence electrons. The zero-order valence-electron chi connectivity index (χ0n) is 12.1. The standard InChI is InChI=1S/C14H19N5O2/c1-2-12-15-14(17-16-12)10-3-6-19(7-4-10)13(20)9-11-5-8-21-18-11/h5,8,10H,2-4,6-7,9H2,1H3,(H,15,16,17). The average molecular weight is 289 g/mol. The van der Waals surface area contributed by atoms with Crippen molar-refractivity contribution in [1.82, 2.24) is 25.2 Å². The van der Waals surface area contributed by atoms with Gasteiger partial charge >= 0.3 is 0 Å². The van der Waals surface area contributed by atoms with Crippen molar-refractivity contribution in [3.05, 3.63) is 29.7 Å². The number of piperidine rings is 1. The monoisotopic (exact) mass is 289 g/mol. The van der Waals surface area contributed by atoms with Gasteiger partial charge in [0.2, 0.25) is 5.91 Å². The fraction of sp³-hybridized carbons (Fsp3) is 0.571.